The number of thioether (sulfide) groups is 1. The van der Waals surface area contributed by atoms with E-state index in [-0.39, 0.29) is 11.7 Å². The summed E-state index contributed by atoms with van der Waals surface area (Å²) >= 11 is 3.03. The molecule has 2 aromatic heterocycles. The average molecular weight is 464 g/mol. The molecule has 1 N–H and O–H groups in total. The van der Waals surface area contributed by atoms with Crippen LogP contribution >= 0.6 is 23.1 Å². The van der Waals surface area contributed by atoms with Crippen LogP contribution in [-0.2, 0) is 17.6 Å². The minimum atomic E-state index is -0.0291. The predicted molar refractivity (Wildman–Crippen MR) is 134 cm³/mol. The van der Waals surface area contributed by atoms with Crippen molar-refractivity contribution in [1.29, 1.82) is 0 Å². The summed E-state index contributed by atoms with van der Waals surface area (Å²) in [5, 5.41) is 7.04. The van der Waals surface area contributed by atoms with E-state index in [1.807, 2.05) is 24.3 Å². The monoisotopic (exact) mass is 463 g/mol. The molecule has 4 rings (SSSR count). The van der Waals surface area contributed by atoms with E-state index in [9.17, 15) is 4.79 Å². The minimum absolute atomic E-state index is 0.0291. The van der Waals surface area contributed by atoms with Crippen LogP contribution in [0.5, 0.6) is 5.75 Å². The van der Waals surface area contributed by atoms with Gasteiger partial charge in [-0.2, -0.15) is 0 Å². The number of carbonyl (C=O) groups is 1. The van der Waals surface area contributed by atoms with Gasteiger partial charge in [-0.15, -0.1) is 11.3 Å². The lowest BCUT2D eigenvalue weighted by Crippen LogP contribution is -2.16. The largest absolute Gasteiger partial charge is 0.497 e. The Morgan fingerprint density at radius 1 is 1.06 bits per heavy atom. The molecule has 0 unspecified atom stereocenters. The second kappa shape index (κ2) is 10.1. The molecule has 0 atom stereocenters. The quantitative estimate of drug-likeness (QED) is 0.248. The maximum atomic E-state index is 12.8. The molecule has 0 aliphatic heterocycles. The topological polar surface area (TPSA) is 64.1 Å². The highest BCUT2D eigenvalue weighted by atomic mass is 32.2. The van der Waals surface area contributed by atoms with E-state index in [4.69, 9.17) is 4.74 Å². The molecule has 0 spiro atoms. The van der Waals surface area contributed by atoms with Crippen molar-refractivity contribution >= 4 is 44.9 Å². The van der Waals surface area contributed by atoms with E-state index < -0.39 is 0 Å². The van der Waals surface area contributed by atoms with E-state index in [0.29, 0.717) is 0 Å². The molecule has 0 fully saturated rings. The Morgan fingerprint density at radius 2 is 1.78 bits per heavy atom. The summed E-state index contributed by atoms with van der Waals surface area (Å²) in [4.78, 5) is 22.7. The van der Waals surface area contributed by atoms with Gasteiger partial charge in [0.25, 0.3) is 0 Å². The first-order chi connectivity index (χ1) is 15.6. The zero-order valence-corrected chi connectivity index (χ0v) is 20.0. The van der Waals surface area contributed by atoms with Crippen molar-refractivity contribution in [1.82, 2.24) is 9.97 Å². The summed E-state index contributed by atoms with van der Waals surface area (Å²) in [5.74, 6) is 1.07. The van der Waals surface area contributed by atoms with Crippen molar-refractivity contribution in [2.75, 3.05) is 18.2 Å². The van der Waals surface area contributed by atoms with Crippen molar-refractivity contribution < 1.29 is 9.53 Å². The number of amides is 1. The molecular formula is C25H25N3O2S2. The Bertz CT molecular complexity index is 1210. The zero-order chi connectivity index (χ0) is 22.5. The number of nitrogens with zero attached hydrogens (tertiary/aromatic N) is 2. The molecule has 4 aromatic rings. The van der Waals surface area contributed by atoms with Crippen LogP contribution in [0.2, 0.25) is 0 Å². The number of hydrogen-bond donors (Lipinski definition) is 1. The van der Waals surface area contributed by atoms with Gasteiger partial charge in [-0.05, 0) is 41.7 Å². The third-order valence-corrected chi connectivity index (χ3v) is 7.22. The van der Waals surface area contributed by atoms with Gasteiger partial charge < -0.3 is 10.1 Å². The Balaban J connectivity index is 1.56. The second-order valence-electron chi connectivity index (χ2n) is 7.23. The van der Waals surface area contributed by atoms with Gasteiger partial charge in [0.1, 0.15) is 21.9 Å². The van der Waals surface area contributed by atoms with Crippen molar-refractivity contribution in [3.8, 4) is 16.9 Å². The number of methoxy groups -OCH3 is 1. The number of fused-ring (bicyclic) bond motifs is 1. The Labute approximate surface area is 196 Å². The van der Waals surface area contributed by atoms with Crippen LogP contribution in [0.3, 0.4) is 0 Å². The molecule has 7 heteroatoms. The number of hydrogen-bond acceptors (Lipinski definition) is 6. The molecule has 0 aliphatic carbocycles. The maximum Gasteiger partial charge on any atom is 0.234 e. The van der Waals surface area contributed by atoms with Gasteiger partial charge in [0.05, 0.1) is 18.2 Å². The second-order valence-corrected chi connectivity index (χ2v) is 9.05. The summed E-state index contributed by atoms with van der Waals surface area (Å²) < 4.78 is 5.27. The molecular weight excluding hydrogens is 438 g/mol. The average Bonchev–Trinajstić information content (AvgIpc) is 3.27. The summed E-state index contributed by atoms with van der Waals surface area (Å²) in [5.41, 5.74) is 5.41. The molecule has 32 heavy (non-hydrogen) atoms. The van der Waals surface area contributed by atoms with E-state index in [1.165, 1.54) is 11.8 Å². The molecule has 2 aromatic carbocycles. The van der Waals surface area contributed by atoms with Gasteiger partial charge >= 0.3 is 0 Å². The van der Waals surface area contributed by atoms with E-state index in [1.54, 1.807) is 24.8 Å². The lowest BCUT2D eigenvalue weighted by Gasteiger charge is -2.14. The van der Waals surface area contributed by atoms with Gasteiger partial charge in [0.2, 0.25) is 5.91 Å². The number of thiophene rings is 1. The Morgan fingerprint density at radius 3 is 2.44 bits per heavy atom. The normalized spacial score (nSPS) is 11.0. The fourth-order valence-electron chi connectivity index (χ4n) is 3.65. The van der Waals surface area contributed by atoms with Crippen LogP contribution < -0.4 is 10.1 Å². The summed E-state index contributed by atoms with van der Waals surface area (Å²) in [6.07, 6.45) is 3.32. The number of aryl methyl sites for hydroxylation is 2. The van der Waals surface area contributed by atoms with Crippen molar-refractivity contribution in [3.63, 3.8) is 0 Å². The van der Waals surface area contributed by atoms with E-state index in [2.05, 4.69) is 52.7 Å². The summed E-state index contributed by atoms with van der Waals surface area (Å²) in [7, 11) is 1.66. The molecule has 1 amide bonds. The number of aromatic nitrogens is 2. The smallest absolute Gasteiger partial charge is 0.234 e. The fraction of sp³-hybridized carbons (Fsp3) is 0.240. The van der Waals surface area contributed by atoms with Crippen LogP contribution in [0, 0.1) is 0 Å². The first kappa shape index (κ1) is 22.3. The number of benzene rings is 2. The molecule has 164 valence electrons. The minimum Gasteiger partial charge on any atom is -0.497 e. The molecule has 0 aliphatic rings. The van der Waals surface area contributed by atoms with E-state index >= 15 is 0 Å². The van der Waals surface area contributed by atoms with Crippen molar-refractivity contribution in [2.24, 2.45) is 0 Å². The number of para-hydroxylation sites is 1. The molecule has 0 bridgehead atoms. The molecule has 0 saturated carbocycles. The van der Waals surface area contributed by atoms with Crippen LogP contribution in [0.25, 0.3) is 21.3 Å². The van der Waals surface area contributed by atoms with Gasteiger partial charge in [-0.3, -0.25) is 4.79 Å². The lowest BCUT2D eigenvalue weighted by atomic mass is 10.0. The highest BCUT2D eigenvalue weighted by Gasteiger charge is 2.16. The SMILES string of the molecule is CCc1cccc(CC)c1NC(=O)CSc1ncnc2scc(-c3ccc(OC)cc3)c12. The molecule has 2 heterocycles. The number of ether oxygens (including phenoxy) is 1. The number of anilines is 1. The number of carbonyl (C=O) groups excluding carboxylic acids is 1. The Kier molecular flexibility index (Phi) is 7.07. The zero-order valence-electron chi connectivity index (χ0n) is 18.3. The summed E-state index contributed by atoms with van der Waals surface area (Å²) in [6.45, 7) is 4.21. The van der Waals surface area contributed by atoms with Gasteiger partial charge in [-0.25, -0.2) is 9.97 Å². The molecule has 0 saturated heterocycles. The Hall–Kier alpha value is -2.90. The van der Waals surface area contributed by atoms with Gasteiger partial charge in [-0.1, -0.05) is 55.9 Å². The summed E-state index contributed by atoms with van der Waals surface area (Å²) in [6, 6.07) is 14.1. The van der Waals surface area contributed by atoms with Gasteiger partial charge in [0.15, 0.2) is 0 Å². The van der Waals surface area contributed by atoms with E-state index in [0.717, 1.165) is 61.8 Å². The van der Waals surface area contributed by atoms with Crippen LogP contribution in [0.15, 0.2) is 59.2 Å². The number of nitrogens with one attached hydrogen (secondary N) is 1. The third kappa shape index (κ3) is 4.64. The van der Waals surface area contributed by atoms with Crippen LogP contribution in [-0.4, -0.2) is 28.7 Å². The highest BCUT2D eigenvalue weighted by molar-refractivity contribution is 8.00. The first-order valence-corrected chi connectivity index (χ1v) is 12.4. The first-order valence-electron chi connectivity index (χ1n) is 10.5. The maximum absolute atomic E-state index is 12.8. The lowest BCUT2D eigenvalue weighted by molar-refractivity contribution is -0.113. The van der Waals surface area contributed by atoms with Crippen molar-refractivity contribution in [2.45, 2.75) is 31.7 Å². The van der Waals surface area contributed by atoms with Crippen molar-refractivity contribution in [3.05, 3.63) is 65.3 Å². The molecule has 5 nitrogen and oxygen atoms in total. The fourth-order valence-corrected chi connectivity index (χ4v) is 5.45. The standard InChI is InChI=1S/C25H25N3O2S2/c1-4-16-7-6-8-17(5-2)23(16)28-21(29)14-32-25-22-20(13-31-24(22)26-15-27-25)18-9-11-19(30-3)12-10-18/h6-13,15H,4-5,14H2,1-3H3,(H,28,29). The van der Waals surface area contributed by atoms with Gasteiger partial charge in [0, 0.05) is 16.6 Å². The van der Waals surface area contributed by atoms with Crippen LogP contribution in [0.1, 0.15) is 25.0 Å². The highest BCUT2D eigenvalue weighted by Crippen LogP contribution is 2.38. The molecule has 0 radical (unpaired) electrons. The predicted octanol–water partition coefficient (Wildman–Crippen LogP) is 6.22. The third-order valence-electron chi connectivity index (χ3n) is 5.34. The van der Waals surface area contributed by atoms with Crippen LogP contribution in [0.4, 0.5) is 5.69 Å². The number of rotatable bonds is 8.